The molecular weight excluding hydrogens is 334 g/mol. The van der Waals surface area contributed by atoms with Gasteiger partial charge in [-0.2, -0.15) is 0 Å². The number of carbonyl (C=O) groups is 2. The summed E-state index contributed by atoms with van der Waals surface area (Å²) in [6.07, 6.45) is 0.561. The summed E-state index contributed by atoms with van der Waals surface area (Å²) < 4.78 is 11.1. The predicted octanol–water partition coefficient (Wildman–Crippen LogP) is 3.89. The molecule has 0 aliphatic rings. The van der Waals surface area contributed by atoms with Crippen LogP contribution in [0.15, 0.2) is 34.7 Å². The van der Waals surface area contributed by atoms with E-state index in [2.05, 4.69) is 5.32 Å². The highest BCUT2D eigenvalue weighted by molar-refractivity contribution is 5.95. The number of carbonyl (C=O) groups excluding carboxylic acids is 1. The van der Waals surface area contributed by atoms with Crippen molar-refractivity contribution in [3.8, 4) is 5.75 Å². The first-order valence-electron chi connectivity index (χ1n) is 8.69. The van der Waals surface area contributed by atoms with E-state index >= 15 is 0 Å². The van der Waals surface area contributed by atoms with Gasteiger partial charge in [-0.3, -0.25) is 9.59 Å². The van der Waals surface area contributed by atoms with Crippen LogP contribution in [0.1, 0.15) is 60.0 Å². The second-order valence-corrected chi connectivity index (χ2v) is 6.45. The monoisotopic (exact) mass is 359 g/mol. The number of amides is 1. The van der Waals surface area contributed by atoms with Crippen LogP contribution in [-0.2, 0) is 11.3 Å². The Morgan fingerprint density at radius 3 is 2.50 bits per heavy atom. The van der Waals surface area contributed by atoms with Crippen molar-refractivity contribution in [1.29, 1.82) is 0 Å². The predicted molar refractivity (Wildman–Crippen MR) is 97.5 cm³/mol. The summed E-state index contributed by atoms with van der Waals surface area (Å²) in [5, 5.41) is 11.5. The van der Waals surface area contributed by atoms with E-state index in [1.165, 1.54) is 0 Å². The molecule has 2 aromatic rings. The molecular formula is C20H25NO5. The molecule has 0 saturated carbocycles. The van der Waals surface area contributed by atoms with Crippen LogP contribution < -0.4 is 10.1 Å². The van der Waals surface area contributed by atoms with E-state index in [0.29, 0.717) is 36.6 Å². The van der Waals surface area contributed by atoms with Crippen molar-refractivity contribution in [2.45, 2.75) is 46.1 Å². The van der Waals surface area contributed by atoms with E-state index in [-0.39, 0.29) is 18.2 Å². The topological polar surface area (TPSA) is 88.8 Å². The Morgan fingerprint density at radius 1 is 1.23 bits per heavy atom. The van der Waals surface area contributed by atoms with Gasteiger partial charge in [0.2, 0.25) is 0 Å². The molecule has 0 aliphatic carbocycles. The van der Waals surface area contributed by atoms with E-state index in [0.717, 1.165) is 11.3 Å². The van der Waals surface area contributed by atoms with Gasteiger partial charge in [-0.1, -0.05) is 26.0 Å². The van der Waals surface area contributed by atoms with Crippen LogP contribution in [0, 0.1) is 6.92 Å². The highest BCUT2D eigenvalue weighted by Gasteiger charge is 2.16. The number of ether oxygens (including phenoxy) is 1. The second-order valence-electron chi connectivity index (χ2n) is 6.45. The molecule has 6 nitrogen and oxygen atoms in total. The van der Waals surface area contributed by atoms with Crippen LogP contribution in [0.3, 0.4) is 0 Å². The van der Waals surface area contributed by atoms with Gasteiger partial charge < -0.3 is 19.6 Å². The van der Waals surface area contributed by atoms with Gasteiger partial charge in [0.05, 0.1) is 12.2 Å². The number of aliphatic carboxylic acids is 1. The second kappa shape index (κ2) is 9.08. The minimum atomic E-state index is -0.826. The average Bonchev–Trinajstić information content (AvgIpc) is 3.00. The Bertz CT molecular complexity index is 746. The molecule has 26 heavy (non-hydrogen) atoms. The molecule has 1 heterocycles. The number of benzene rings is 1. The molecule has 0 saturated heterocycles. The molecule has 1 amide bonds. The van der Waals surface area contributed by atoms with Crippen LogP contribution in [0.25, 0.3) is 0 Å². The normalized spacial score (nSPS) is 10.8. The summed E-state index contributed by atoms with van der Waals surface area (Å²) in [6.45, 7) is 6.59. The summed E-state index contributed by atoms with van der Waals surface area (Å²) in [5.74, 6) is 1.35. The molecule has 0 unspecified atom stereocenters. The number of hydrogen-bond donors (Lipinski definition) is 2. The van der Waals surface area contributed by atoms with Gasteiger partial charge >= 0.3 is 5.97 Å². The van der Waals surface area contributed by atoms with Gasteiger partial charge in [-0.05, 0) is 37.1 Å². The lowest BCUT2D eigenvalue weighted by atomic mass is 10.1. The summed E-state index contributed by atoms with van der Waals surface area (Å²) in [6, 6.07) is 9.15. The van der Waals surface area contributed by atoms with Crippen molar-refractivity contribution >= 4 is 11.9 Å². The number of rotatable bonds is 9. The number of nitrogens with one attached hydrogen (secondary N) is 1. The third-order valence-electron chi connectivity index (χ3n) is 3.93. The quantitative estimate of drug-likeness (QED) is 0.663. The first-order valence-corrected chi connectivity index (χ1v) is 8.69. The standard InChI is InChI=1S/C20H25NO5/c1-13(2)18-11-17(14(3)26-18)20(24)21-12-15-6-8-16(9-7-15)25-10-4-5-19(22)23/h6-9,11,13H,4-5,10,12H2,1-3H3,(H,21,24)(H,22,23). The maximum atomic E-state index is 12.3. The first kappa shape index (κ1) is 19.6. The minimum absolute atomic E-state index is 0.0933. The van der Waals surface area contributed by atoms with Crippen molar-refractivity contribution < 1.29 is 23.8 Å². The fraction of sp³-hybridized carbons (Fsp3) is 0.400. The molecule has 140 valence electrons. The molecule has 1 aromatic carbocycles. The van der Waals surface area contributed by atoms with Gasteiger partial charge in [0.15, 0.2) is 0 Å². The molecule has 1 aromatic heterocycles. The highest BCUT2D eigenvalue weighted by atomic mass is 16.5. The lowest BCUT2D eigenvalue weighted by Crippen LogP contribution is -2.22. The van der Waals surface area contributed by atoms with Crippen molar-refractivity contribution in [2.24, 2.45) is 0 Å². The van der Waals surface area contributed by atoms with E-state index < -0.39 is 5.97 Å². The van der Waals surface area contributed by atoms with Crippen LogP contribution in [0.5, 0.6) is 5.75 Å². The summed E-state index contributed by atoms with van der Waals surface area (Å²) in [5.41, 5.74) is 1.51. The third-order valence-corrected chi connectivity index (χ3v) is 3.93. The molecule has 0 spiro atoms. The molecule has 2 rings (SSSR count). The van der Waals surface area contributed by atoms with Gasteiger partial charge in [-0.15, -0.1) is 0 Å². The smallest absolute Gasteiger partial charge is 0.303 e. The van der Waals surface area contributed by atoms with E-state index in [1.807, 2.05) is 38.1 Å². The largest absolute Gasteiger partial charge is 0.494 e. The van der Waals surface area contributed by atoms with E-state index in [9.17, 15) is 9.59 Å². The number of furan rings is 1. The zero-order valence-electron chi connectivity index (χ0n) is 15.4. The minimum Gasteiger partial charge on any atom is -0.494 e. The summed E-state index contributed by atoms with van der Waals surface area (Å²) >= 11 is 0. The Hall–Kier alpha value is -2.76. The van der Waals surface area contributed by atoms with E-state index in [1.54, 1.807) is 13.0 Å². The fourth-order valence-corrected chi connectivity index (χ4v) is 2.41. The molecule has 0 fully saturated rings. The van der Waals surface area contributed by atoms with Gasteiger partial charge in [0, 0.05) is 18.9 Å². The van der Waals surface area contributed by atoms with Crippen LogP contribution in [0.2, 0.25) is 0 Å². The van der Waals surface area contributed by atoms with Gasteiger partial charge in [0.1, 0.15) is 17.3 Å². The Kier molecular flexibility index (Phi) is 6.83. The van der Waals surface area contributed by atoms with Crippen LogP contribution >= 0.6 is 0 Å². The van der Waals surface area contributed by atoms with E-state index in [4.69, 9.17) is 14.3 Å². The zero-order chi connectivity index (χ0) is 19.1. The van der Waals surface area contributed by atoms with Crippen LogP contribution in [-0.4, -0.2) is 23.6 Å². The lowest BCUT2D eigenvalue weighted by molar-refractivity contribution is -0.137. The Labute approximate surface area is 153 Å². The Balaban J connectivity index is 1.83. The zero-order valence-corrected chi connectivity index (χ0v) is 15.4. The SMILES string of the molecule is Cc1oc(C(C)C)cc1C(=O)NCc1ccc(OCCCC(=O)O)cc1. The third kappa shape index (κ3) is 5.65. The molecule has 6 heteroatoms. The number of carboxylic acids is 1. The first-order chi connectivity index (χ1) is 12.4. The number of hydrogen-bond acceptors (Lipinski definition) is 4. The van der Waals surface area contributed by atoms with Crippen LogP contribution in [0.4, 0.5) is 0 Å². The maximum Gasteiger partial charge on any atom is 0.303 e. The number of aryl methyl sites for hydroxylation is 1. The average molecular weight is 359 g/mol. The Morgan fingerprint density at radius 2 is 1.92 bits per heavy atom. The molecule has 0 radical (unpaired) electrons. The van der Waals surface area contributed by atoms with Gasteiger partial charge in [0.25, 0.3) is 5.91 Å². The summed E-state index contributed by atoms with van der Waals surface area (Å²) in [4.78, 5) is 22.8. The molecule has 0 bridgehead atoms. The van der Waals surface area contributed by atoms with Crippen molar-refractivity contribution in [3.63, 3.8) is 0 Å². The molecule has 0 aliphatic heterocycles. The summed E-state index contributed by atoms with van der Waals surface area (Å²) in [7, 11) is 0. The lowest BCUT2D eigenvalue weighted by Gasteiger charge is -2.07. The van der Waals surface area contributed by atoms with Gasteiger partial charge in [-0.25, -0.2) is 0 Å². The molecule has 0 atom stereocenters. The van der Waals surface area contributed by atoms with Crippen molar-refractivity contribution in [1.82, 2.24) is 5.32 Å². The van der Waals surface area contributed by atoms with Crippen molar-refractivity contribution in [2.75, 3.05) is 6.61 Å². The van der Waals surface area contributed by atoms with Crippen molar-refractivity contribution in [3.05, 3.63) is 53.0 Å². The maximum absolute atomic E-state index is 12.3. The highest BCUT2D eigenvalue weighted by Crippen LogP contribution is 2.21. The number of carboxylic acid groups (broad SMARTS) is 1. The molecule has 2 N–H and O–H groups in total. The fourth-order valence-electron chi connectivity index (χ4n) is 2.41.